The fourth-order valence-corrected chi connectivity index (χ4v) is 3.63. The highest BCUT2D eigenvalue weighted by Crippen LogP contribution is 2.44. The minimum absolute atomic E-state index is 0.0108. The van der Waals surface area contributed by atoms with Gasteiger partial charge in [0.2, 0.25) is 0 Å². The summed E-state index contributed by atoms with van der Waals surface area (Å²) in [4.78, 5) is 12.2. The molecule has 0 radical (unpaired) electrons. The van der Waals surface area contributed by atoms with E-state index in [9.17, 15) is 4.79 Å². The van der Waals surface area contributed by atoms with Crippen LogP contribution in [0.25, 0.3) is 0 Å². The first-order valence-electron chi connectivity index (χ1n) is 7.77. The van der Waals surface area contributed by atoms with Crippen LogP contribution in [-0.2, 0) is 4.79 Å². The van der Waals surface area contributed by atoms with Gasteiger partial charge in [-0.1, -0.05) is 6.42 Å². The van der Waals surface area contributed by atoms with E-state index >= 15 is 0 Å². The predicted molar refractivity (Wildman–Crippen MR) is 80.5 cm³/mol. The molecule has 2 fully saturated rings. The number of fused-ring (bicyclic) bond motifs is 2. The topological polar surface area (TPSA) is 47.6 Å². The van der Waals surface area contributed by atoms with E-state index in [1.807, 2.05) is 24.3 Å². The SMILES string of the molecule is COc1ccc(O[C@@H](C)C(=O)N[C@H]2C[C@H]3CC[C@H]2C3)cc1. The number of benzene rings is 1. The molecule has 1 N–H and O–H groups in total. The summed E-state index contributed by atoms with van der Waals surface area (Å²) in [5.74, 6) is 2.97. The van der Waals surface area contributed by atoms with Crippen molar-refractivity contribution in [1.82, 2.24) is 5.32 Å². The Bertz CT molecular complexity index is 499. The number of carbonyl (C=O) groups excluding carboxylic acids is 1. The molecule has 4 atom stereocenters. The Morgan fingerprint density at radius 1 is 1.19 bits per heavy atom. The average molecular weight is 289 g/mol. The lowest BCUT2D eigenvalue weighted by molar-refractivity contribution is -0.128. The third-order valence-corrected chi connectivity index (χ3v) is 4.81. The number of methoxy groups -OCH3 is 1. The molecule has 2 aliphatic carbocycles. The molecule has 2 bridgehead atoms. The quantitative estimate of drug-likeness (QED) is 0.906. The maximum atomic E-state index is 12.2. The molecular formula is C17H23NO3. The zero-order valence-corrected chi connectivity index (χ0v) is 12.7. The van der Waals surface area contributed by atoms with Crippen molar-refractivity contribution in [2.24, 2.45) is 11.8 Å². The summed E-state index contributed by atoms with van der Waals surface area (Å²) in [5, 5.41) is 3.16. The molecule has 0 saturated heterocycles. The van der Waals surface area contributed by atoms with Crippen molar-refractivity contribution in [3.8, 4) is 11.5 Å². The van der Waals surface area contributed by atoms with E-state index in [0.29, 0.717) is 17.7 Å². The van der Waals surface area contributed by atoms with Gasteiger partial charge < -0.3 is 14.8 Å². The molecular weight excluding hydrogens is 266 g/mol. The number of hydrogen-bond donors (Lipinski definition) is 1. The Kier molecular flexibility index (Phi) is 4.04. The number of hydrogen-bond acceptors (Lipinski definition) is 3. The van der Waals surface area contributed by atoms with Crippen LogP contribution in [0.1, 0.15) is 32.6 Å². The second-order valence-corrected chi connectivity index (χ2v) is 6.23. The molecule has 0 unspecified atom stereocenters. The lowest BCUT2D eigenvalue weighted by Crippen LogP contribution is -2.44. The van der Waals surface area contributed by atoms with E-state index in [4.69, 9.17) is 9.47 Å². The third kappa shape index (κ3) is 3.14. The molecule has 0 aliphatic heterocycles. The largest absolute Gasteiger partial charge is 0.497 e. The van der Waals surface area contributed by atoms with Gasteiger partial charge in [-0.05, 0) is 62.3 Å². The summed E-state index contributed by atoms with van der Waals surface area (Å²) in [6.45, 7) is 1.80. The molecule has 4 heteroatoms. The van der Waals surface area contributed by atoms with E-state index in [0.717, 1.165) is 18.1 Å². The van der Waals surface area contributed by atoms with Crippen molar-refractivity contribution >= 4 is 5.91 Å². The Balaban J connectivity index is 1.52. The van der Waals surface area contributed by atoms with Gasteiger partial charge >= 0.3 is 0 Å². The monoisotopic (exact) mass is 289 g/mol. The van der Waals surface area contributed by atoms with Crippen molar-refractivity contribution in [2.75, 3.05) is 7.11 Å². The number of rotatable bonds is 5. The predicted octanol–water partition coefficient (Wildman–Crippen LogP) is 2.77. The molecule has 2 saturated carbocycles. The summed E-state index contributed by atoms with van der Waals surface area (Å²) in [6.07, 6.45) is 4.57. The second kappa shape index (κ2) is 5.96. The highest BCUT2D eigenvalue weighted by Gasteiger charge is 2.40. The highest BCUT2D eigenvalue weighted by atomic mass is 16.5. The lowest BCUT2D eigenvalue weighted by Gasteiger charge is -2.24. The molecule has 1 amide bonds. The standard InChI is InChI=1S/C17H23NO3/c1-11(21-15-7-5-14(20-2)6-8-15)17(19)18-16-10-12-3-4-13(16)9-12/h5-8,11-13,16H,3-4,9-10H2,1-2H3,(H,18,19)/t11-,12-,13-,16-/m0/s1. The van der Waals surface area contributed by atoms with Crippen LogP contribution >= 0.6 is 0 Å². The Morgan fingerprint density at radius 3 is 2.48 bits per heavy atom. The second-order valence-electron chi connectivity index (χ2n) is 6.23. The van der Waals surface area contributed by atoms with Gasteiger partial charge in [-0.15, -0.1) is 0 Å². The fourth-order valence-electron chi connectivity index (χ4n) is 3.63. The van der Waals surface area contributed by atoms with Crippen LogP contribution in [-0.4, -0.2) is 25.2 Å². The molecule has 4 nitrogen and oxygen atoms in total. The summed E-state index contributed by atoms with van der Waals surface area (Å²) >= 11 is 0. The molecule has 1 aromatic carbocycles. The van der Waals surface area contributed by atoms with Crippen LogP contribution in [0.2, 0.25) is 0 Å². The van der Waals surface area contributed by atoms with Crippen LogP contribution in [0.4, 0.5) is 0 Å². The number of ether oxygens (including phenoxy) is 2. The number of amides is 1. The molecule has 1 aromatic rings. The highest BCUT2D eigenvalue weighted by molar-refractivity contribution is 5.81. The van der Waals surface area contributed by atoms with Gasteiger partial charge in [-0.25, -0.2) is 0 Å². The summed E-state index contributed by atoms with van der Waals surface area (Å²) < 4.78 is 10.8. The molecule has 0 aromatic heterocycles. The van der Waals surface area contributed by atoms with Gasteiger partial charge in [0, 0.05) is 6.04 Å². The van der Waals surface area contributed by atoms with Gasteiger partial charge in [0.25, 0.3) is 5.91 Å². The molecule has 2 aliphatic rings. The summed E-state index contributed by atoms with van der Waals surface area (Å²) in [7, 11) is 1.63. The fraction of sp³-hybridized carbons (Fsp3) is 0.588. The van der Waals surface area contributed by atoms with E-state index < -0.39 is 6.10 Å². The van der Waals surface area contributed by atoms with Crippen LogP contribution in [0.3, 0.4) is 0 Å². The van der Waals surface area contributed by atoms with Crippen LogP contribution < -0.4 is 14.8 Å². The van der Waals surface area contributed by atoms with E-state index in [1.165, 1.54) is 19.3 Å². The van der Waals surface area contributed by atoms with Crippen LogP contribution in [0.15, 0.2) is 24.3 Å². The van der Waals surface area contributed by atoms with E-state index in [2.05, 4.69) is 5.32 Å². The van der Waals surface area contributed by atoms with Crippen molar-refractivity contribution in [2.45, 2.75) is 44.8 Å². The minimum atomic E-state index is -0.475. The molecule has 0 spiro atoms. The van der Waals surface area contributed by atoms with E-state index in [1.54, 1.807) is 14.0 Å². The first-order chi connectivity index (χ1) is 10.2. The van der Waals surface area contributed by atoms with Gasteiger partial charge in [0.1, 0.15) is 11.5 Å². The minimum Gasteiger partial charge on any atom is -0.497 e. The van der Waals surface area contributed by atoms with Gasteiger partial charge in [0.15, 0.2) is 6.10 Å². The normalized spacial score (nSPS) is 28.2. The average Bonchev–Trinajstić information content (AvgIpc) is 3.10. The van der Waals surface area contributed by atoms with E-state index in [-0.39, 0.29) is 5.91 Å². The third-order valence-electron chi connectivity index (χ3n) is 4.81. The summed E-state index contributed by atoms with van der Waals surface area (Å²) in [5.41, 5.74) is 0. The smallest absolute Gasteiger partial charge is 0.261 e. The molecule has 3 rings (SSSR count). The molecule has 0 heterocycles. The van der Waals surface area contributed by atoms with Crippen molar-refractivity contribution in [3.63, 3.8) is 0 Å². The van der Waals surface area contributed by atoms with Crippen molar-refractivity contribution in [3.05, 3.63) is 24.3 Å². The van der Waals surface area contributed by atoms with Gasteiger partial charge in [0.05, 0.1) is 7.11 Å². The lowest BCUT2D eigenvalue weighted by atomic mass is 9.95. The van der Waals surface area contributed by atoms with Crippen molar-refractivity contribution in [1.29, 1.82) is 0 Å². The maximum Gasteiger partial charge on any atom is 0.261 e. The maximum absolute atomic E-state index is 12.2. The van der Waals surface area contributed by atoms with Crippen LogP contribution in [0.5, 0.6) is 11.5 Å². The molecule has 114 valence electrons. The van der Waals surface area contributed by atoms with Gasteiger partial charge in [-0.2, -0.15) is 0 Å². The van der Waals surface area contributed by atoms with Crippen molar-refractivity contribution < 1.29 is 14.3 Å². The number of nitrogens with one attached hydrogen (secondary N) is 1. The number of carbonyl (C=O) groups is 1. The Morgan fingerprint density at radius 2 is 1.90 bits per heavy atom. The zero-order chi connectivity index (χ0) is 14.8. The summed E-state index contributed by atoms with van der Waals surface area (Å²) in [6, 6.07) is 7.66. The first kappa shape index (κ1) is 14.2. The Labute approximate surface area is 125 Å². The molecule has 21 heavy (non-hydrogen) atoms. The van der Waals surface area contributed by atoms with Crippen LogP contribution in [0, 0.1) is 11.8 Å². The Hall–Kier alpha value is -1.71. The zero-order valence-electron chi connectivity index (χ0n) is 12.7. The van der Waals surface area contributed by atoms with Gasteiger partial charge in [-0.3, -0.25) is 4.79 Å². The first-order valence-corrected chi connectivity index (χ1v) is 7.77.